The average molecular weight is 417 g/mol. The van der Waals surface area contributed by atoms with Gasteiger partial charge in [0.2, 0.25) is 0 Å². The lowest BCUT2D eigenvalue weighted by Crippen LogP contribution is -2.40. The lowest BCUT2D eigenvalue weighted by Gasteiger charge is -2.30. The second-order valence-corrected chi connectivity index (χ2v) is 7.47. The summed E-state index contributed by atoms with van der Waals surface area (Å²) in [4.78, 5) is 6.39. The fourth-order valence-electron chi connectivity index (χ4n) is 3.87. The number of piperidine rings is 1. The van der Waals surface area contributed by atoms with E-state index in [0.717, 1.165) is 32.0 Å². The number of alkyl halides is 3. The zero-order valence-corrected chi connectivity index (χ0v) is 16.7. The number of anilines is 1. The maximum Gasteiger partial charge on any atom is 0.417 e. The van der Waals surface area contributed by atoms with Gasteiger partial charge in [-0.2, -0.15) is 13.2 Å². The van der Waals surface area contributed by atoms with Gasteiger partial charge < -0.3 is 15.0 Å². The molecule has 0 spiro atoms. The van der Waals surface area contributed by atoms with Crippen LogP contribution in [0, 0.1) is 0 Å². The van der Waals surface area contributed by atoms with Crippen molar-refractivity contribution in [2.45, 2.75) is 25.1 Å². The molecule has 6 nitrogen and oxygen atoms in total. The van der Waals surface area contributed by atoms with Crippen molar-refractivity contribution in [3.63, 3.8) is 0 Å². The van der Waals surface area contributed by atoms with Crippen LogP contribution in [0.15, 0.2) is 36.7 Å². The fraction of sp³-hybridized carbons (Fsp3) is 0.381. The Kier molecular flexibility index (Phi) is 5.46. The van der Waals surface area contributed by atoms with E-state index in [4.69, 9.17) is 4.74 Å². The van der Waals surface area contributed by atoms with Crippen LogP contribution in [0.3, 0.4) is 0 Å². The van der Waals surface area contributed by atoms with E-state index in [2.05, 4.69) is 32.4 Å². The van der Waals surface area contributed by atoms with Gasteiger partial charge in [-0.15, -0.1) is 10.2 Å². The van der Waals surface area contributed by atoms with Gasteiger partial charge in [-0.25, -0.2) is 0 Å². The second-order valence-electron chi connectivity index (χ2n) is 7.47. The molecule has 1 saturated heterocycles. The molecule has 0 aliphatic carbocycles. The van der Waals surface area contributed by atoms with Gasteiger partial charge in [0.05, 0.1) is 12.7 Å². The maximum atomic E-state index is 13.7. The zero-order chi connectivity index (χ0) is 21.3. The molecule has 9 heteroatoms. The van der Waals surface area contributed by atoms with Crippen molar-refractivity contribution in [2.75, 3.05) is 32.6 Å². The monoisotopic (exact) mass is 417 g/mol. The number of hydrogen-bond donors (Lipinski definition) is 1. The van der Waals surface area contributed by atoms with Crippen LogP contribution in [0.2, 0.25) is 0 Å². The number of halogens is 3. The van der Waals surface area contributed by atoms with Gasteiger partial charge in [-0.1, -0.05) is 0 Å². The van der Waals surface area contributed by atoms with Crippen LogP contribution in [0.5, 0.6) is 5.75 Å². The highest BCUT2D eigenvalue weighted by atomic mass is 19.4. The van der Waals surface area contributed by atoms with Crippen molar-refractivity contribution < 1.29 is 17.9 Å². The highest BCUT2D eigenvalue weighted by Crippen LogP contribution is 2.40. The minimum Gasteiger partial charge on any atom is -0.497 e. The van der Waals surface area contributed by atoms with Crippen molar-refractivity contribution in [3.8, 4) is 17.0 Å². The Bertz CT molecular complexity index is 1060. The second kappa shape index (κ2) is 8.06. The van der Waals surface area contributed by atoms with Gasteiger partial charge in [0, 0.05) is 41.3 Å². The van der Waals surface area contributed by atoms with Crippen LogP contribution in [0.25, 0.3) is 22.0 Å². The number of methoxy groups -OCH3 is 1. The van der Waals surface area contributed by atoms with Crippen LogP contribution in [-0.2, 0) is 6.18 Å². The van der Waals surface area contributed by atoms with Crippen LogP contribution in [-0.4, -0.2) is 53.4 Å². The number of hydrogen-bond acceptors (Lipinski definition) is 6. The van der Waals surface area contributed by atoms with Crippen LogP contribution in [0.1, 0.15) is 18.4 Å². The predicted molar refractivity (Wildman–Crippen MR) is 108 cm³/mol. The molecule has 0 saturated carbocycles. The Morgan fingerprint density at radius 3 is 2.73 bits per heavy atom. The number of likely N-dealkylation sites (tertiary alicyclic amines) is 1. The van der Waals surface area contributed by atoms with E-state index >= 15 is 0 Å². The number of rotatable bonds is 4. The van der Waals surface area contributed by atoms with Crippen molar-refractivity contribution in [2.24, 2.45) is 0 Å². The van der Waals surface area contributed by atoms with Crippen molar-refractivity contribution in [3.05, 3.63) is 42.2 Å². The Balaban J connectivity index is 1.81. The summed E-state index contributed by atoms with van der Waals surface area (Å²) in [5.41, 5.74) is -0.700. The van der Waals surface area contributed by atoms with Gasteiger partial charge in [-0.05, 0) is 50.7 Å². The molecule has 0 radical (unpaired) electrons. The topological polar surface area (TPSA) is 63.2 Å². The van der Waals surface area contributed by atoms with E-state index in [1.54, 1.807) is 18.5 Å². The Hall–Kier alpha value is -2.94. The van der Waals surface area contributed by atoms with Crippen molar-refractivity contribution >= 4 is 16.6 Å². The van der Waals surface area contributed by atoms with E-state index in [9.17, 15) is 13.2 Å². The third-order valence-corrected chi connectivity index (χ3v) is 5.33. The highest BCUT2D eigenvalue weighted by Gasteiger charge is 2.35. The maximum absolute atomic E-state index is 13.7. The smallest absolute Gasteiger partial charge is 0.417 e. The molecule has 0 amide bonds. The van der Waals surface area contributed by atoms with Crippen molar-refractivity contribution in [1.29, 1.82) is 0 Å². The molecule has 4 rings (SSSR count). The largest absolute Gasteiger partial charge is 0.497 e. The number of benzene rings is 1. The van der Waals surface area contributed by atoms with E-state index in [-0.39, 0.29) is 23.0 Å². The summed E-state index contributed by atoms with van der Waals surface area (Å²) in [5.74, 6) is 0.661. The third-order valence-electron chi connectivity index (χ3n) is 5.33. The normalized spacial score (nSPS) is 17.8. The van der Waals surface area contributed by atoms with Gasteiger partial charge in [-0.3, -0.25) is 4.98 Å². The Labute approximate surface area is 172 Å². The minimum atomic E-state index is -4.56. The van der Waals surface area contributed by atoms with Gasteiger partial charge in [0.1, 0.15) is 11.4 Å². The average Bonchev–Trinajstić information content (AvgIpc) is 2.73. The summed E-state index contributed by atoms with van der Waals surface area (Å²) < 4.78 is 46.2. The SMILES string of the molecule is COc1ccc(-c2nnc(N[C@@H]3CCCN(C)C3)c3cnccc23)c(C(F)(F)F)c1. The van der Waals surface area contributed by atoms with Gasteiger partial charge in [0.25, 0.3) is 0 Å². The first-order valence-corrected chi connectivity index (χ1v) is 9.68. The molecule has 1 aromatic carbocycles. The Morgan fingerprint density at radius 1 is 1.17 bits per heavy atom. The summed E-state index contributed by atoms with van der Waals surface area (Å²) in [5, 5.41) is 13.0. The quantitative estimate of drug-likeness (QED) is 0.686. The standard InChI is InChI=1S/C21H22F3N5O/c1-29-9-3-4-13(12-29)26-20-17-11-25-8-7-15(17)19(27-28-20)16-6-5-14(30-2)10-18(16)21(22,23)24/h5-8,10-11,13H,3-4,9,12H2,1-2H3,(H,26,28)/t13-/m1/s1. The number of ether oxygens (including phenoxy) is 1. The Morgan fingerprint density at radius 2 is 2.00 bits per heavy atom. The lowest BCUT2D eigenvalue weighted by atomic mass is 9.99. The first-order chi connectivity index (χ1) is 14.4. The summed E-state index contributed by atoms with van der Waals surface area (Å²) in [6.45, 7) is 1.91. The number of pyridine rings is 1. The summed E-state index contributed by atoms with van der Waals surface area (Å²) in [6, 6.07) is 5.70. The molecule has 2 aromatic heterocycles. The first kappa shape index (κ1) is 20.3. The number of likely N-dealkylation sites (N-methyl/N-ethyl adjacent to an activating group) is 1. The molecule has 1 aliphatic rings. The number of fused-ring (bicyclic) bond motifs is 1. The molecule has 0 bridgehead atoms. The number of nitrogens with zero attached hydrogens (tertiary/aromatic N) is 4. The van der Waals surface area contributed by atoms with E-state index in [1.165, 1.54) is 19.2 Å². The minimum absolute atomic E-state index is 0.0454. The summed E-state index contributed by atoms with van der Waals surface area (Å²) >= 11 is 0. The molecule has 158 valence electrons. The third kappa shape index (κ3) is 4.02. The molecule has 3 heterocycles. The molecule has 1 N–H and O–H groups in total. The van der Waals surface area contributed by atoms with Gasteiger partial charge >= 0.3 is 6.18 Å². The number of aromatic nitrogens is 3. The summed E-state index contributed by atoms with van der Waals surface area (Å²) in [7, 11) is 3.39. The molecule has 30 heavy (non-hydrogen) atoms. The molecule has 3 aromatic rings. The molecular formula is C21H22F3N5O. The summed E-state index contributed by atoms with van der Waals surface area (Å²) in [6.07, 6.45) is 0.652. The van der Waals surface area contributed by atoms with Gasteiger partial charge in [0.15, 0.2) is 5.82 Å². The molecule has 1 atom stereocenters. The van der Waals surface area contributed by atoms with Crippen LogP contribution < -0.4 is 10.1 Å². The van der Waals surface area contributed by atoms with Crippen LogP contribution >= 0.6 is 0 Å². The first-order valence-electron chi connectivity index (χ1n) is 9.68. The fourth-order valence-corrected chi connectivity index (χ4v) is 3.87. The van der Waals surface area contributed by atoms with E-state index < -0.39 is 11.7 Å². The van der Waals surface area contributed by atoms with Crippen molar-refractivity contribution in [1.82, 2.24) is 20.1 Å². The lowest BCUT2D eigenvalue weighted by molar-refractivity contribution is -0.137. The molecule has 0 unspecified atom stereocenters. The van der Waals surface area contributed by atoms with Crippen LogP contribution in [0.4, 0.5) is 19.0 Å². The zero-order valence-electron chi connectivity index (χ0n) is 16.7. The molecular weight excluding hydrogens is 395 g/mol. The molecule has 1 aliphatic heterocycles. The molecule has 1 fully saturated rings. The predicted octanol–water partition coefficient (Wildman–Crippen LogP) is 4.23. The number of nitrogens with one attached hydrogen (secondary N) is 1. The van der Waals surface area contributed by atoms with E-state index in [1.807, 2.05) is 0 Å². The highest BCUT2D eigenvalue weighted by molar-refractivity contribution is 6.00. The van der Waals surface area contributed by atoms with E-state index in [0.29, 0.717) is 16.6 Å².